The van der Waals surface area contributed by atoms with Gasteiger partial charge in [0, 0.05) is 12.5 Å². The van der Waals surface area contributed by atoms with E-state index in [4.69, 9.17) is 5.73 Å². The topological polar surface area (TPSA) is 81.1 Å². The number of nitrogen functional groups attached to an aromatic ring is 1. The molecule has 1 fully saturated rings. The van der Waals surface area contributed by atoms with Crippen LogP contribution in [-0.4, -0.2) is 32.9 Å². The molecule has 0 spiro atoms. The number of fused-ring (bicyclic) bond motifs is 1. The first kappa shape index (κ1) is 8.60. The van der Waals surface area contributed by atoms with Gasteiger partial charge in [0.1, 0.15) is 5.82 Å². The van der Waals surface area contributed by atoms with E-state index in [-0.39, 0.29) is 0 Å². The van der Waals surface area contributed by atoms with Crippen molar-refractivity contribution in [1.82, 2.24) is 25.1 Å². The minimum absolute atomic E-state index is 0.397. The average molecular weight is 204 g/mol. The Balaban J connectivity index is 2.13. The number of rotatable bonds is 1. The fourth-order valence-corrected chi connectivity index (χ4v) is 1.95. The van der Waals surface area contributed by atoms with E-state index in [1.165, 1.54) is 0 Å². The van der Waals surface area contributed by atoms with Crippen molar-refractivity contribution in [2.45, 2.75) is 12.3 Å². The molecule has 1 aliphatic heterocycles. The van der Waals surface area contributed by atoms with Crippen LogP contribution in [-0.2, 0) is 0 Å². The third kappa shape index (κ3) is 1.33. The fourth-order valence-electron chi connectivity index (χ4n) is 1.95. The predicted octanol–water partition coefficient (Wildman–Crippen LogP) is -0.217. The summed E-state index contributed by atoms with van der Waals surface area (Å²) in [5.41, 5.74) is 6.40. The molecule has 78 valence electrons. The van der Waals surface area contributed by atoms with Gasteiger partial charge in [-0.1, -0.05) is 0 Å². The molecule has 1 unspecified atom stereocenters. The molecule has 6 heteroatoms. The molecule has 6 nitrogen and oxygen atoms in total. The van der Waals surface area contributed by atoms with Crippen LogP contribution in [0.1, 0.15) is 18.2 Å². The molecule has 0 saturated carbocycles. The SMILES string of the molecule is Nc1ccc2nnc(C3CCNC3)n2n1. The van der Waals surface area contributed by atoms with Crippen LogP contribution in [0.3, 0.4) is 0 Å². The molecular weight excluding hydrogens is 192 g/mol. The van der Waals surface area contributed by atoms with Gasteiger partial charge in [-0.15, -0.1) is 15.3 Å². The molecule has 0 bridgehead atoms. The highest BCUT2D eigenvalue weighted by molar-refractivity contribution is 5.41. The van der Waals surface area contributed by atoms with E-state index >= 15 is 0 Å². The molecule has 3 N–H and O–H groups in total. The van der Waals surface area contributed by atoms with Crippen LogP contribution in [0, 0.1) is 0 Å². The molecule has 0 aromatic carbocycles. The molecule has 3 heterocycles. The fraction of sp³-hybridized carbons (Fsp3) is 0.444. The van der Waals surface area contributed by atoms with Crippen LogP contribution >= 0.6 is 0 Å². The molecule has 15 heavy (non-hydrogen) atoms. The summed E-state index contributed by atoms with van der Waals surface area (Å²) in [6.07, 6.45) is 1.08. The highest BCUT2D eigenvalue weighted by atomic mass is 15.4. The maximum absolute atomic E-state index is 5.65. The summed E-state index contributed by atoms with van der Waals surface area (Å²) in [5, 5.41) is 15.8. The lowest BCUT2D eigenvalue weighted by molar-refractivity contribution is 0.668. The van der Waals surface area contributed by atoms with E-state index in [9.17, 15) is 0 Å². The number of aromatic nitrogens is 4. The van der Waals surface area contributed by atoms with E-state index < -0.39 is 0 Å². The molecular formula is C9H12N6. The van der Waals surface area contributed by atoms with E-state index in [1.54, 1.807) is 10.6 Å². The predicted molar refractivity (Wildman–Crippen MR) is 55.4 cm³/mol. The standard InChI is InChI=1S/C9H12N6/c10-7-1-2-8-12-13-9(15(8)14-7)6-3-4-11-5-6/h1-2,6,11H,3-5H2,(H2,10,14). The number of nitrogens with zero attached hydrogens (tertiary/aromatic N) is 4. The Labute approximate surface area is 86.5 Å². The molecule has 1 saturated heterocycles. The molecule has 1 atom stereocenters. The number of nitrogens with one attached hydrogen (secondary N) is 1. The van der Waals surface area contributed by atoms with Crippen LogP contribution in [0.2, 0.25) is 0 Å². The van der Waals surface area contributed by atoms with Crippen molar-refractivity contribution in [2.24, 2.45) is 0 Å². The molecule has 2 aromatic rings. The smallest absolute Gasteiger partial charge is 0.178 e. The maximum atomic E-state index is 5.65. The quantitative estimate of drug-likeness (QED) is 0.671. The Kier molecular flexibility index (Phi) is 1.81. The Morgan fingerprint density at radius 2 is 2.33 bits per heavy atom. The monoisotopic (exact) mass is 204 g/mol. The first-order valence-corrected chi connectivity index (χ1v) is 5.03. The van der Waals surface area contributed by atoms with Crippen molar-refractivity contribution in [2.75, 3.05) is 18.8 Å². The number of nitrogens with two attached hydrogens (primary N) is 1. The van der Waals surface area contributed by atoms with Gasteiger partial charge in [-0.2, -0.15) is 4.52 Å². The number of anilines is 1. The Hall–Kier alpha value is -1.69. The van der Waals surface area contributed by atoms with Crippen LogP contribution in [0.4, 0.5) is 5.82 Å². The van der Waals surface area contributed by atoms with Crippen LogP contribution in [0.5, 0.6) is 0 Å². The second-order valence-corrected chi connectivity index (χ2v) is 3.78. The second kappa shape index (κ2) is 3.16. The van der Waals surface area contributed by atoms with Gasteiger partial charge < -0.3 is 11.1 Å². The van der Waals surface area contributed by atoms with Gasteiger partial charge in [-0.25, -0.2) is 0 Å². The average Bonchev–Trinajstić information content (AvgIpc) is 2.83. The summed E-state index contributed by atoms with van der Waals surface area (Å²) < 4.78 is 1.74. The molecule has 0 radical (unpaired) electrons. The van der Waals surface area contributed by atoms with Crippen molar-refractivity contribution in [3.8, 4) is 0 Å². The van der Waals surface area contributed by atoms with E-state index in [1.807, 2.05) is 6.07 Å². The summed E-state index contributed by atoms with van der Waals surface area (Å²) in [4.78, 5) is 0. The molecule has 2 aromatic heterocycles. The molecule has 0 amide bonds. The molecule has 1 aliphatic rings. The molecule has 0 aliphatic carbocycles. The van der Waals surface area contributed by atoms with Gasteiger partial charge in [0.25, 0.3) is 0 Å². The Morgan fingerprint density at radius 3 is 3.13 bits per heavy atom. The lowest BCUT2D eigenvalue weighted by Crippen LogP contribution is -2.11. The zero-order valence-corrected chi connectivity index (χ0v) is 8.22. The lowest BCUT2D eigenvalue weighted by atomic mass is 10.1. The van der Waals surface area contributed by atoms with Gasteiger partial charge in [0.15, 0.2) is 11.5 Å². The first-order chi connectivity index (χ1) is 7.34. The van der Waals surface area contributed by atoms with Crippen LogP contribution < -0.4 is 11.1 Å². The highest BCUT2D eigenvalue weighted by Gasteiger charge is 2.22. The Bertz CT molecular complexity index is 484. The van der Waals surface area contributed by atoms with Gasteiger partial charge in [-0.3, -0.25) is 0 Å². The second-order valence-electron chi connectivity index (χ2n) is 3.78. The number of hydrogen-bond donors (Lipinski definition) is 2. The van der Waals surface area contributed by atoms with Gasteiger partial charge in [-0.05, 0) is 25.1 Å². The summed E-state index contributed by atoms with van der Waals surface area (Å²) in [6.45, 7) is 1.97. The summed E-state index contributed by atoms with van der Waals surface area (Å²) in [5.74, 6) is 1.80. The van der Waals surface area contributed by atoms with Crippen molar-refractivity contribution in [3.63, 3.8) is 0 Å². The Morgan fingerprint density at radius 1 is 1.40 bits per heavy atom. The number of hydrogen-bond acceptors (Lipinski definition) is 5. The van der Waals surface area contributed by atoms with E-state index in [2.05, 4.69) is 20.6 Å². The van der Waals surface area contributed by atoms with Crippen molar-refractivity contribution < 1.29 is 0 Å². The largest absolute Gasteiger partial charge is 0.382 e. The van der Waals surface area contributed by atoms with Crippen LogP contribution in [0.25, 0.3) is 5.65 Å². The van der Waals surface area contributed by atoms with Crippen molar-refractivity contribution in [3.05, 3.63) is 18.0 Å². The lowest BCUT2D eigenvalue weighted by Gasteiger charge is -2.04. The van der Waals surface area contributed by atoms with Crippen LogP contribution in [0.15, 0.2) is 12.1 Å². The summed E-state index contributed by atoms with van der Waals surface area (Å²) >= 11 is 0. The first-order valence-electron chi connectivity index (χ1n) is 5.03. The van der Waals surface area contributed by atoms with E-state index in [0.717, 1.165) is 31.0 Å². The van der Waals surface area contributed by atoms with Gasteiger partial charge in [0.05, 0.1) is 0 Å². The highest BCUT2D eigenvalue weighted by Crippen LogP contribution is 2.20. The van der Waals surface area contributed by atoms with Gasteiger partial charge in [0.2, 0.25) is 0 Å². The minimum atomic E-state index is 0.397. The zero-order chi connectivity index (χ0) is 10.3. The third-order valence-corrected chi connectivity index (χ3v) is 2.73. The van der Waals surface area contributed by atoms with Gasteiger partial charge >= 0.3 is 0 Å². The van der Waals surface area contributed by atoms with E-state index in [0.29, 0.717) is 11.7 Å². The maximum Gasteiger partial charge on any atom is 0.178 e. The third-order valence-electron chi connectivity index (χ3n) is 2.73. The summed E-state index contributed by atoms with van der Waals surface area (Å²) in [7, 11) is 0. The normalized spacial score (nSPS) is 21.2. The summed E-state index contributed by atoms with van der Waals surface area (Å²) in [6, 6.07) is 3.57. The zero-order valence-electron chi connectivity index (χ0n) is 8.22. The molecule has 3 rings (SSSR count). The van der Waals surface area contributed by atoms with Crippen molar-refractivity contribution in [1.29, 1.82) is 0 Å². The van der Waals surface area contributed by atoms with Crippen molar-refractivity contribution >= 4 is 11.5 Å². The minimum Gasteiger partial charge on any atom is -0.382 e.